The molecule has 3 aromatic rings. The second kappa shape index (κ2) is 13.8. The number of aryl methyl sites for hydroxylation is 1. The van der Waals surface area contributed by atoms with E-state index in [0.29, 0.717) is 5.92 Å². The number of aliphatic hydroxyl groups excluding tert-OH is 1. The number of aliphatic carboxylic acids is 2. The van der Waals surface area contributed by atoms with Gasteiger partial charge >= 0.3 is 11.9 Å². The third kappa shape index (κ3) is 7.53. The summed E-state index contributed by atoms with van der Waals surface area (Å²) in [5.74, 6) is -3.10. The zero-order chi connectivity index (χ0) is 27.8. The van der Waals surface area contributed by atoms with E-state index in [-0.39, 0.29) is 12.0 Å². The fourth-order valence-electron chi connectivity index (χ4n) is 5.81. The molecule has 0 amide bonds. The van der Waals surface area contributed by atoms with Crippen molar-refractivity contribution in [3.8, 4) is 0 Å². The van der Waals surface area contributed by atoms with E-state index in [1.807, 2.05) is 23.6 Å². The molecule has 2 aliphatic rings. The van der Waals surface area contributed by atoms with E-state index in [1.54, 1.807) is 0 Å². The molecule has 2 atom stereocenters. The molecule has 1 aromatic carbocycles. The number of hydrogen-bond acceptors (Lipinski definition) is 6. The Balaban J connectivity index is 0.000000531. The monoisotopic (exact) mass is 550 g/mol. The van der Waals surface area contributed by atoms with Gasteiger partial charge in [-0.05, 0) is 84.7 Å². The van der Waals surface area contributed by atoms with E-state index in [0.717, 1.165) is 51.0 Å². The molecule has 5 rings (SSSR count). The molecule has 208 valence electrons. The third-order valence-corrected chi connectivity index (χ3v) is 9.13. The number of aliphatic hydroxyl groups is 1. The molecule has 39 heavy (non-hydrogen) atoms. The largest absolute Gasteiger partial charge is 0.473 e. The van der Waals surface area contributed by atoms with E-state index in [9.17, 15) is 5.11 Å². The van der Waals surface area contributed by atoms with Gasteiger partial charge in [-0.1, -0.05) is 49.6 Å². The van der Waals surface area contributed by atoms with Crippen LogP contribution in [0.3, 0.4) is 0 Å². The number of thiophene rings is 1. The first-order valence-electron chi connectivity index (χ1n) is 13.8. The van der Waals surface area contributed by atoms with E-state index >= 15 is 0 Å². The molecule has 0 spiro atoms. The van der Waals surface area contributed by atoms with Gasteiger partial charge in [-0.25, -0.2) is 9.59 Å². The molecule has 1 aliphatic heterocycles. The molecule has 1 saturated carbocycles. The fourth-order valence-corrected chi connectivity index (χ4v) is 6.92. The predicted molar refractivity (Wildman–Crippen MR) is 155 cm³/mol. The van der Waals surface area contributed by atoms with Crippen molar-refractivity contribution in [2.24, 2.45) is 5.92 Å². The molecule has 0 radical (unpaired) electrons. The van der Waals surface area contributed by atoms with Crippen LogP contribution in [0.15, 0.2) is 54.1 Å². The number of benzene rings is 1. The zero-order valence-corrected chi connectivity index (χ0v) is 23.3. The van der Waals surface area contributed by atoms with Crippen LogP contribution < -0.4 is 0 Å². The average molecular weight is 551 g/mol. The SMILES string of the molecule is Cc1csc2c(C3=CCN(CCC(c4ccccn4)C(O)C4CCCCC4)CC3)cccc12.O=C(O)C(=O)O. The van der Waals surface area contributed by atoms with Crippen LogP contribution in [0.1, 0.15) is 67.7 Å². The minimum absolute atomic E-state index is 0.127. The number of carbonyl (C=O) groups is 2. The van der Waals surface area contributed by atoms with Gasteiger partial charge in [0.05, 0.1) is 6.10 Å². The quantitative estimate of drug-likeness (QED) is 0.311. The first kappa shape index (κ1) is 28.9. The second-order valence-corrected chi connectivity index (χ2v) is 11.4. The maximum absolute atomic E-state index is 11.3. The Kier molecular flexibility index (Phi) is 10.3. The molecular weight excluding hydrogens is 512 g/mol. The summed E-state index contributed by atoms with van der Waals surface area (Å²) in [7, 11) is 0. The lowest BCUT2D eigenvalue weighted by Gasteiger charge is -2.34. The van der Waals surface area contributed by atoms with Gasteiger partial charge in [0, 0.05) is 35.6 Å². The number of aromatic nitrogens is 1. The highest BCUT2D eigenvalue weighted by Gasteiger charge is 2.31. The Hall–Kier alpha value is -3.07. The van der Waals surface area contributed by atoms with Crippen LogP contribution in [0.5, 0.6) is 0 Å². The molecule has 0 bridgehead atoms. The van der Waals surface area contributed by atoms with Crippen LogP contribution in [0, 0.1) is 12.8 Å². The van der Waals surface area contributed by atoms with Gasteiger partial charge < -0.3 is 15.3 Å². The van der Waals surface area contributed by atoms with Crippen LogP contribution in [-0.2, 0) is 9.59 Å². The van der Waals surface area contributed by atoms with Gasteiger partial charge in [-0.3, -0.25) is 9.88 Å². The summed E-state index contributed by atoms with van der Waals surface area (Å²) in [6.45, 7) is 5.29. The Bertz CT molecular complexity index is 1270. The van der Waals surface area contributed by atoms with Crippen molar-refractivity contribution in [2.45, 2.75) is 63.9 Å². The predicted octanol–water partition coefficient (Wildman–Crippen LogP) is 5.96. The molecule has 2 aromatic heterocycles. The summed E-state index contributed by atoms with van der Waals surface area (Å²) in [5, 5.41) is 29.8. The highest BCUT2D eigenvalue weighted by Crippen LogP contribution is 2.36. The molecular formula is C31H38N2O5S. The number of fused-ring (bicyclic) bond motifs is 1. The van der Waals surface area contributed by atoms with Gasteiger partial charge in [-0.15, -0.1) is 11.3 Å². The number of carboxylic acids is 2. The lowest BCUT2D eigenvalue weighted by Crippen LogP contribution is -2.35. The van der Waals surface area contributed by atoms with Gasteiger partial charge in [0.25, 0.3) is 0 Å². The third-order valence-electron chi connectivity index (χ3n) is 7.98. The minimum atomic E-state index is -1.82. The summed E-state index contributed by atoms with van der Waals surface area (Å²) in [5.41, 5.74) is 5.35. The molecule has 1 aliphatic carbocycles. The van der Waals surface area contributed by atoms with Gasteiger partial charge in [0.1, 0.15) is 0 Å². The average Bonchev–Trinajstić information content (AvgIpc) is 3.35. The highest BCUT2D eigenvalue weighted by molar-refractivity contribution is 7.17. The minimum Gasteiger partial charge on any atom is -0.473 e. The van der Waals surface area contributed by atoms with Gasteiger partial charge in [0.2, 0.25) is 0 Å². The Labute approximate surface area is 233 Å². The molecule has 2 unspecified atom stereocenters. The normalized spacial score (nSPS) is 18.1. The number of rotatable bonds is 7. The second-order valence-electron chi connectivity index (χ2n) is 10.5. The van der Waals surface area contributed by atoms with Crippen molar-refractivity contribution in [3.05, 3.63) is 70.9 Å². The van der Waals surface area contributed by atoms with Crippen LogP contribution in [0.2, 0.25) is 0 Å². The van der Waals surface area contributed by atoms with Crippen LogP contribution in [-0.4, -0.2) is 62.9 Å². The summed E-state index contributed by atoms with van der Waals surface area (Å²) >= 11 is 1.87. The highest BCUT2D eigenvalue weighted by atomic mass is 32.1. The van der Waals surface area contributed by atoms with Crippen molar-refractivity contribution in [1.82, 2.24) is 9.88 Å². The first-order chi connectivity index (χ1) is 18.8. The molecule has 0 saturated heterocycles. The fraction of sp³-hybridized carbons (Fsp3) is 0.452. The van der Waals surface area contributed by atoms with Crippen molar-refractivity contribution < 1.29 is 24.9 Å². The maximum atomic E-state index is 11.3. The summed E-state index contributed by atoms with van der Waals surface area (Å²) < 4.78 is 1.43. The van der Waals surface area contributed by atoms with Crippen LogP contribution in [0.4, 0.5) is 0 Å². The molecule has 3 N–H and O–H groups in total. The standard InChI is InChI=1S/C29H36N2OS.C2H2O4/c1-21-20-33-29-24(21)10-7-11-25(29)22-13-17-31(18-14-22)19-15-26(27-12-5-6-16-30-27)28(32)23-8-3-2-4-9-23;3-1(4)2(5)6/h5-7,10-13,16,20,23,26,28,32H,2-4,8-9,14-15,17-19H2,1H3;(H,3,4)(H,5,6). The Morgan fingerprint density at radius 1 is 1.08 bits per heavy atom. The number of pyridine rings is 1. The maximum Gasteiger partial charge on any atom is 0.414 e. The topological polar surface area (TPSA) is 111 Å². The van der Waals surface area contributed by atoms with E-state index in [2.05, 4.69) is 58.6 Å². The van der Waals surface area contributed by atoms with Crippen LogP contribution in [0.25, 0.3) is 15.7 Å². The van der Waals surface area contributed by atoms with Gasteiger partial charge in [-0.2, -0.15) is 0 Å². The van der Waals surface area contributed by atoms with Crippen molar-refractivity contribution >= 4 is 38.9 Å². The van der Waals surface area contributed by atoms with Gasteiger partial charge in [0.15, 0.2) is 0 Å². The first-order valence-corrected chi connectivity index (χ1v) is 14.7. The lowest BCUT2D eigenvalue weighted by molar-refractivity contribution is -0.159. The Morgan fingerprint density at radius 3 is 2.49 bits per heavy atom. The van der Waals surface area contributed by atoms with Crippen molar-refractivity contribution in [1.29, 1.82) is 0 Å². The van der Waals surface area contributed by atoms with Crippen molar-refractivity contribution in [3.63, 3.8) is 0 Å². The van der Waals surface area contributed by atoms with Crippen LogP contribution >= 0.6 is 11.3 Å². The summed E-state index contributed by atoms with van der Waals surface area (Å²) in [6.07, 6.45) is 12.2. The van der Waals surface area contributed by atoms with Crippen molar-refractivity contribution in [2.75, 3.05) is 19.6 Å². The summed E-state index contributed by atoms with van der Waals surface area (Å²) in [6, 6.07) is 12.9. The Morgan fingerprint density at radius 2 is 1.85 bits per heavy atom. The number of hydrogen-bond donors (Lipinski definition) is 3. The zero-order valence-electron chi connectivity index (χ0n) is 22.5. The number of carboxylic acid groups (broad SMARTS) is 2. The van der Waals surface area contributed by atoms with E-state index < -0.39 is 11.9 Å². The lowest BCUT2D eigenvalue weighted by atomic mass is 9.78. The summed E-state index contributed by atoms with van der Waals surface area (Å²) in [4.78, 5) is 25.4. The molecule has 7 nitrogen and oxygen atoms in total. The van der Waals surface area contributed by atoms with E-state index in [1.165, 1.54) is 46.0 Å². The smallest absolute Gasteiger partial charge is 0.414 e. The number of nitrogens with zero attached hydrogens (tertiary/aromatic N) is 2. The molecule has 1 fully saturated rings. The van der Waals surface area contributed by atoms with E-state index in [4.69, 9.17) is 19.8 Å². The molecule has 8 heteroatoms. The molecule has 3 heterocycles.